The van der Waals surface area contributed by atoms with Crippen molar-refractivity contribution in [1.82, 2.24) is 0 Å². The summed E-state index contributed by atoms with van der Waals surface area (Å²) in [5, 5.41) is 12.6. The molecule has 1 aromatic rings. The lowest BCUT2D eigenvalue weighted by Gasteiger charge is -2.29. The zero-order chi connectivity index (χ0) is 11.7. The maximum Gasteiger partial charge on any atom is 0.121 e. The third-order valence-electron chi connectivity index (χ3n) is 3.73. The molecule has 0 spiro atoms. The first-order valence-corrected chi connectivity index (χ1v) is 7.31. The highest BCUT2D eigenvalue weighted by Gasteiger charge is 2.30. The van der Waals surface area contributed by atoms with Crippen molar-refractivity contribution in [3.63, 3.8) is 0 Å². The van der Waals surface area contributed by atoms with Gasteiger partial charge in [0.1, 0.15) is 11.9 Å². The first-order chi connectivity index (χ1) is 8.36. The number of thiophene rings is 1. The average molecular weight is 250 g/mol. The highest BCUT2D eigenvalue weighted by atomic mass is 32.1. The van der Waals surface area contributed by atoms with E-state index < -0.39 is 6.10 Å². The van der Waals surface area contributed by atoms with Gasteiger partial charge < -0.3 is 9.84 Å². The highest BCUT2D eigenvalue weighted by Crippen LogP contribution is 2.39. The zero-order valence-corrected chi connectivity index (χ0v) is 10.7. The second kappa shape index (κ2) is 4.83. The van der Waals surface area contributed by atoms with Crippen LogP contribution in [0, 0.1) is 0 Å². The van der Waals surface area contributed by atoms with Crippen LogP contribution >= 0.6 is 11.3 Å². The average Bonchev–Trinajstić information content (AvgIpc) is 2.87. The van der Waals surface area contributed by atoms with E-state index in [1.165, 1.54) is 23.3 Å². The van der Waals surface area contributed by atoms with Gasteiger partial charge in [0, 0.05) is 10.8 Å². The van der Waals surface area contributed by atoms with Crippen molar-refractivity contribution in [3.05, 3.63) is 33.7 Å². The molecule has 0 aromatic carbocycles. The van der Waals surface area contributed by atoms with Crippen molar-refractivity contribution in [3.8, 4) is 0 Å². The van der Waals surface area contributed by atoms with E-state index in [2.05, 4.69) is 17.5 Å². The summed E-state index contributed by atoms with van der Waals surface area (Å²) in [5.74, 6) is 1.05. The van der Waals surface area contributed by atoms with Gasteiger partial charge in [-0.15, -0.1) is 11.3 Å². The van der Waals surface area contributed by atoms with E-state index >= 15 is 0 Å². The van der Waals surface area contributed by atoms with Gasteiger partial charge in [-0.25, -0.2) is 0 Å². The van der Waals surface area contributed by atoms with Crippen LogP contribution in [0.4, 0.5) is 0 Å². The minimum atomic E-state index is -0.441. The SMILES string of the molecule is OC(C1=CCCCO1)C1CCCc2sccc21. The van der Waals surface area contributed by atoms with E-state index in [0.29, 0.717) is 0 Å². The molecule has 3 heteroatoms. The van der Waals surface area contributed by atoms with Crippen molar-refractivity contribution >= 4 is 11.3 Å². The first-order valence-electron chi connectivity index (χ1n) is 6.43. The Morgan fingerprint density at radius 3 is 3.18 bits per heavy atom. The highest BCUT2D eigenvalue weighted by molar-refractivity contribution is 7.10. The summed E-state index contributed by atoms with van der Waals surface area (Å²) in [6.07, 6.45) is 7.17. The Balaban J connectivity index is 1.83. The number of aryl methyl sites for hydroxylation is 1. The Morgan fingerprint density at radius 2 is 2.35 bits per heavy atom. The maximum atomic E-state index is 10.5. The minimum Gasteiger partial charge on any atom is -0.495 e. The molecule has 1 aliphatic carbocycles. The summed E-state index contributed by atoms with van der Waals surface area (Å²) in [6.45, 7) is 0.756. The fourth-order valence-corrected chi connectivity index (χ4v) is 3.83. The van der Waals surface area contributed by atoms with E-state index in [-0.39, 0.29) is 5.92 Å². The molecule has 2 atom stereocenters. The largest absolute Gasteiger partial charge is 0.495 e. The molecule has 2 unspecified atom stereocenters. The van der Waals surface area contributed by atoms with E-state index in [1.54, 1.807) is 0 Å². The van der Waals surface area contributed by atoms with Crippen LogP contribution in [-0.4, -0.2) is 17.8 Å². The molecule has 0 fully saturated rings. The number of hydrogen-bond donors (Lipinski definition) is 1. The molecule has 1 N–H and O–H groups in total. The molecule has 2 heterocycles. The van der Waals surface area contributed by atoms with E-state index in [4.69, 9.17) is 4.74 Å². The van der Waals surface area contributed by atoms with Crippen LogP contribution in [0.15, 0.2) is 23.3 Å². The van der Waals surface area contributed by atoms with Crippen LogP contribution in [0.2, 0.25) is 0 Å². The van der Waals surface area contributed by atoms with Crippen molar-refractivity contribution in [2.45, 2.75) is 44.1 Å². The number of ether oxygens (including phenoxy) is 1. The Labute approximate surface area is 106 Å². The summed E-state index contributed by atoms with van der Waals surface area (Å²) in [7, 11) is 0. The maximum absolute atomic E-state index is 10.5. The lowest BCUT2D eigenvalue weighted by molar-refractivity contribution is 0.0713. The van der Waals surface area contributed by atoms with Crippen LogP contribution in [0.3, 0.4) is 0 Å². The Hall–Kier alpha value is -0.800. The van der Waals surface area contributed by atoms with Crippen LogP contribution in [0.25, 0.3) is 0 Å². The van der Waals surface area contributed by atoms with Gasteiger partial charge in [-0.3, -0.25) is 0 Å². The van der Waals surface area contributed by atoms with Crippen LogP contribution in [0.5, 0.6) is 0 Å². The molecular weight excluding hydrogens is 232 g/mol. The third kappa shape index (κ3) is 2.14. The van der Waals surface area contributed by atoms with Crippen LogP contribution in [-0.2, 0) is 11.2 Å². The minimum absolute atomic E-state index is 0.245. The number of aliphatic hydroxyl groups excluding tert-OH is 1. The van der Waals surface area contributed by atoms with E-state index in [1.807, 2.05) is 11.3 Å². The molecule has 0 radical (unpaired) electrons. The van der Waals surface area contributed by atoms with Gasteiger partial charge in [0.25, 0.3) is 0 Å². The van der Waals surface area contributed by atoms with Crippen molar-refractivity contribution < 1.29 is 9.84 Å². The van der Waals surface area contributed by atoms with Crippen molar-refractivity contribution in [2.75, 3.05) is 6.61 Å². The lowest BCUT2D eigenvalue weighted by Crippen LogP contribution is -2.26. The monoisotopic (exact) mass is 250 g/mol. The quantitative estimate of drug-likeness (QED) is 0.873. The Bertz CT molecular complexity index is 422. The summed E-state index contributed by atoms with van der Waals surface area (Å²) < 4.78 is 5.60. The molecule has 2 aliphatic rings. The Morgan fingerprint density at radius 1 is 1.41 bits per heavy atom. The molecule has 92 valence electrons. The molecule has 0 saturated carbocycles. The topological polar surface area (TPSA) is 29.5 Å². The van der Waals surface area contributed by atoms with E-state index in [9.17, 15) is 5.11 Å². The molecule has 3 rings (SSSR count). The summed E-state index contributed by atoms with van der Waals surface area (Å²) in [6, 6.07) is 2.18. The zero-order valence-electron chi connectivity index (χ0n) is 9.89. The smallest absolute Gasteiger partial charge is 0.121 e. The second-order valence-electron chi connectivity index (χ2n) is 4.84. The van der Waals surface area contributed by atoms with Crippen molar-refractivity contribution in [2.24, 2.45) is 0 Å². The summed E-state index contributed by atoms with van der Waals surface area (Å²) in [4.78, 5) is 1.46. The predicted octanol–water partition coefficient (Wildman–Crippen LogP) is 3.22. The second-order valence-corrected chi connectivity index (χ2v) is 5.84. The normalized spacial score (nSPS) is 25.7. The van der Waals surface area contributed by atoms with E-state index in [0.717, 1.165) is 31.6 Å². The Kier molecular flexibility index (Phi) is 3.21. The molecule has 0 bridgehead atoms. The number of rotatable bonds is 2. The van der Waals surface area contributed by atoms with Crippen LogP contribution in [0.1, 0.15) is 42.0 Å². The van der Waals surface area contributed by atoms with Gasteiger partial charge in [-0.2, -0.15) is 0 Å². The van der Waals surface area contributed by atoms with Crippen LogP contribution < -0.4 is 0 Å². The molecular formula is C14H18O2S. The fourth-order valence-electron chi connectivity index (χ4n) is 2.83. The fraction of sp³-hybridized carbons (Fsp3) is 0.571. The van der Waals surface area contributed by atoms with Gasteiger partial charge >= 0.3 is 0 Å². The third-order valence-corrected chi connectivity index (χ3v) is 4.73. The molecule has 2 nitrogen and oxygen atoms in total. The number of aliphatic hydroxyl groups is 1. The summed E-state index contributed by atoms with van der Waals surface area (Å²) in [5.41, 5.74) is 1.35. The number of hydrogen-bond acceptors (Lipinski definition) is 3. The molecule has 0 amide bonds. The molecule has 1 aromatic heterocycles. The van der Waals surface area contributed by atoms with Gasteiger partial charge in [0.15, 0.2) is 0 Å². The molecule has 1 aliphatic heterocycles. The van der Waals surface area contributed by atoms with Gasteiger partial charge in [-0.05, 0) is 55.2 Å². The van der Waals surface area contributed by atoms with Gasteiger partial charge in [0.05, 0.1) is 6.61 Å². The van der Waals surface area contributed by atoms with Gasteiger partial charge in [-0.1, -0.05) is 0 Å². The molecule has 17 heavy (non-hydrogen) atoms. The van der Waals surface area contributed by atoms with Crippen molar-refractivity contribution in [1.29, 1.82) is 0 Å². The lowest BCUT2D eigenvalue weighted by atomic mass is 9.83. The molecule has 0 saturated heterocycles. The standard InChI is InChI=1S/C14H18O2S/c15-14(12-5-1-2-8-16-12)11-4-3-6-13-10(11)7-9-17-13/h5,7,9,11,14-15H,1-4,6,8H2. The number of allylic oxidation sites excluding steroid dienone is 1. The summed E-state index contributed by atoms with van der Waals surface area (Å²) >= 11 is 1.82. The number of fused-ring (bicyclic) bond motifs is 1. The van der Waals surface area contributed by atoms with Gasteiger partial charge in [0.2, 0.25) is 0 Å². The first kappa shape index (κ1) is 11.3. The predicted molar refractivity (Wildman–Crippen MR) is 69.3 cm³/mol.